The third kappa shape index (κ3) is 4.94. The van der Waals surface area contributed by atoms with E-state index in [9.17, 15) is 4.79 Å². The number of carbonyl (C=O) groups excluding carboxylic acids is 1. The lowest BCUT2D eigenvalue weighted by Gasteiger charge is -2.11. The number of nitrogens with two attached hydrogens (primary N) is 1. The van der Waals surface area contributed by atoms with Gasteiger partial charge in [-0.3, -0.25) is 9.48 Å². The minimum Gasteiger partial charge on any atom is -0.369 e. The first-order valence-corrected chi connectivity index (χ1v) is 8.19. The lowest BCUT2D eigenvalue weighted by Crippen LogP contribution is -2.17. The van der Waals surface area contributed by atoms with E-state index < -0.39 is 5.91 Å². The molecule has 2 heterocycles. The standard InChI is InChI=1S/C16H25N7O/c1-4-23-10-12(8-20-23)21-16-19-9-13(14(17)24)15(22-16)18-7-5-6-11(2)3/h8-11H,4-7H2,1-3H3,(H2,17,24)(H2,18,19,21,22). The van der Waals surface area contributed by atoms with Crippen molar-refractivity contribution in [3.8, 4) is 0 Å². The molecule has 8 nitrogen and oxygen atoms in total. The fourth-order valence-electron chi connectivity index (χ4n) is 2.20. The molecule has 8 heteroatoms. The van der Waals surface area contributed by atoms with Gasteiger partial charge in [0.2, 0.25) is 5.95 Å². The molecule has 24 heavy (non-hydrogen) atoms. The Labute approximate surface area is 141 Å². The SMILES string of the molecule is CCn1cc(Nc2ncc(C(N)=O)c(NCCCC(C)C)n2)cn1. The molecule has 0 spiro atoms. The number of nitrogens with zero attached hydrogens (tertiary/aromatic N) is 4. The Kier molecular flexibility index (Phi) is 6.11. The van der Waals surface area contributed by atoms with Gasteiger partial charge in [-0.05, 0) is 25.7 Å². The Bertz CT molecular complexity index is 681. The number of carbonyl (C=O) groups is 1. The second-order valence-electron chi connectivity index (χ2n) is 5.99. The van der Waals surface area contributed by atoms with Gasteiger partial charge in [-0.25, -0.2) is 4.98 Å². The fourth-order valence-corrected chi connectivity index (χ4v) is 2.20. The summed E-state index contributed by atoms with van der Waals surface area (Å²) in [6, 6.07) is 0. The molecular formula is C16H25N7O. The van der Waals surface area contributed by atoms with Gasteiger partial charge >= 0.3 is 0 Å². The second kappa shape index (κ2) is 8.28. The van der Waals surface area contributed by atoms with E-state index in [1.165, 1.54) is 6.20 Å². The van der Waals surface area contributed by atoms with E-state index in [2.05, 4.69) is 39.5 Å². The van der Waals surface area contributed by atoms with Crippen molar-refractivity contribution in [2.75, 3.05) is 17.2 Å². The van der Waals surface area contributed by atoms with Crippen LogP contribution in [0.25, 0.3) is 0 Å². The third-order valence-corrected chi connectivity index (χ3v) is 3.52. The van der Waals surface area contributed by atoms with Gasteiger partial charge in [0.1, 0.15) is 5.82 Å². The van der Waals surface area contributed by atoms with Gasteiger partial charge in [0.25, 0.3) is 5.91 Å². The van der Waals surface area contributed by atoms with Crippen molar-refractivity contribution in [3.63, 3.8) is 0 Å². The van der Waals surface area contributed by atoms with Crippen molar-refractivity contribution in [2.45, 2.75) is 40.2 Å². The highest BCUT2D eigenvalue weighted by Gasteiger charge is 2.12. The van der Waals surface area contributed by atoms with Crippen molar-refractivity contribution >= 4 is 23.4 Å². The number of anilines is 3. The normalized spacial score (nSPS) is 10.8. The molecule has 2 rings (SSSR count). The first-order valence-electron chi connectivity index (χ1n) is 8.19. The first kappa shape index (κ1) is 17.7. The number of amides is 1. The Morgan fingerprint density at radius 1 is 1.38 bits per heavy atom. The van der Waals surface area contributed by atoms with Gasteiger partial charge in [-0.1, -0.05) is 13.8 Å². The molecule has 0 bridgehead atoms. The summed E-state index contributed by atoms with van der Waals surface area (Å²) in [5.74, 6) is 0.931. The summed E-state index contributed by atoms with van der Waals surface area (Å²) in [5.41, 5.74) is 6.47. The molecule has 0 atom stereocenters. The van der Waals surface area contributed by atoms with Gasteiger partial charge < -0.3 is 16.4 Å². The largest absolute Gasteiger partial charge is 0.369 e. The minimum atomic E-state index is -0.549. The van der Waals surface area contributed by atoms with Gasteiger partial charge in [0.15, 0.2) is 0 Å². The molecule has 0 unspecified atom stereocenters. The fraction of sp³-hybridized carbons (Fsp3) is 0.500. The predicted molar refractivity (Wildman–Crippen MR) is 94.3 cm³/mol. The van der Waals surface area contributed by atoms with Crippen LogP contribution in [0.2, 0.25) is 0 Å². The summed E-state index contributed by atoms with van der Waals surface area (Å²) in [5, 5.41) is 10.4. The molecule has 2 aromatic rings. The number of hydrogen-bond donors (Lipinski definition) is 3. The van der Waals surface area contributed by atoms with Gasteiger partial charge in [0.05, 0.1) is 17.4 Å². The summed E-state index contributed by atoms with van der Waals surface area (Å²) in [6.07, 6.45) is 7.09. The van der Waals surface area contributed by atoms with Crippen molar-refractivity contribution in [3.05, 3.63) is 24.2 Å². The second-order valence-corrected chi connectivity index (χ2v) is 5.99. The highest BCUT2D eigenvalue weighted by atomic mass is 16.1. The minimum absolute atomic E-state index is 0.286. The number of aromatic nitrogens is 4. The summed E-state index contributed by atoms with van der Waals surface area (Å²) >= 11 is 0. The molecule has 0 fully saturated rings. The van der Waals surface area contributed by atoms with Crippen LogP contribution in [0, 0.1) is 5.92 Å². The lowest BCUT2D eigenvalue weighted by atomic mass is 10.1. The zero-order valence-corrected chi connectivity index (χ0v) is 14.4. The quantitative estimate of drug-likeness (QED) is 0.608. The highest BCUT2D eigenvalue weighted by Crippen LogP contribution is 2.17. The summed E-state index contributed by atoms with van der Waals surface area (Å²) < 4.78 is 1.80. The van der Waals surface area contributed by atoms with Crippen molar-refractivity contribution in [2.24, 2.45) is 11.7 Å². The summed E-state index contributed by atoms with van der Waals surface area (Å²) in [4.78, 5) is 20.1. The molecule has 0 radical (unpaired) electrons. The van der Waals surface area contributed by atoms with Crippen LogP contribution < -0.4 is 16.4 Å². The van der Waals surface area contributed by atoms with E-state index in [4.69, 9.17) is 5.73 Å². The van der Waals surface area contributed by atoms with Gasteiger partial charge in [-0.15, -0.1) is 0 Å². The average molecular weight is 331 g/mol. The maximum atomic E-state index is 11.5. The number of nitrogens with one attached hydrogen (secondary N) is 2. The predicted octanol–water partition coefficient (Wildman–Crippen LogP) is 2.38. The Balaban J connectivity index is 2.09. The molecule has 0 aliphatic carbocycles. The molecule has 130 valence electrons. The zero-order valence-electron chi connectivity index (χ0n) is 14.4. The molecule has 1 amide bonds. The Morgan fingerprint density at radius 3 is 2.79 bits per heavy atom. The van der Waals surface area contributed by atoms with Crippen molar-refractivity contribution in [1.29, 1.82) is 0 Å². The van der Waals surface area contributed by atoms with E-state index >= 15 is 0 Å². The van der Waals surface area contributed by atoms with Gasteiger partial charge in [0, 0.05) is 25.5 Å². The van der Waals surface area contributed by atoms with E-state index in [1.807, 2.05) is 13.1 Å². The van der Waals surface area contributed by atoms with Crippen LogP contribution in [0.1, 0.15) is 44.0 Å². The smallest absolute Gasteiger partial charge is 0.254 e. The number of rotatable bonds is 9. The average Bonchev–Trinajstić information content (AvgIpc) is 2.99. The van der Waals surface area contributed by atoms with Crippen LogP contribution in [0.15, 0.2) is 18.6 Å². The van der Waals surface area contributed by atoms with Crippen molar-refractivity contribution < 1.29 is 4.79 Å². The summed E-state index contributed by atoms with van der Waals surface area (Å²) in [6.45, 7) is 7.87. The van der Waals surface area contributed by atoms with Crippen LogP contribution in [0.5, 0.6) is 0 Å². The Morgan fingerprint density at radius 2 is 2.17 bits per heavy atom. The molecule has 4 N–H and O–H groups in total. The summed E-state index contributed by atoms with van der Waals surface area (Å²) in [7, 11) is 0. The maximum Gasteiger partial charge on any atom is 0.254 e. The molecule has 0 aliphatic rings. The van der Waals surface area contributed by atoms with Crippen molar-refractivity contribution in [1.82, 2.24) is 19.7 Å². The molecule has 0 aliphatic heterocycles. The van der Waals surface area contributed by atoms with Crippen LogP contribution in [0.4, 0.5) is 17.5 Å². The molecule has 0 aromatic carbocycles. The zero-order chi connectivity index (χ0) is 17.5. The van der Waals surface area contributed by atoms with E-state index in [0.29, 0.717) is 17.7 Å². The van der Waals surface area contributed by atoms with E-state index in [-0.39, 0.29) is 5.56 Å². The monoisotopic (exact) mass is 331 g/mol. The topological polar surface area (TPSA) is 111 Å². The maximum absolute atomic E-state index is 11.5. The highest BCUT2D eigenvalue weighted by molar-refractivity contribution is 5.97. The molecule has 0 saturated carbocycles. The third-order valence-electron chi connectivity index (χ3n) is 3.52. The Hall–Kier alpha value is -2.64. The van der Waals surface area contributed by atoms with Crippen LogP contribution in [-0.2, 0) is 6.54 Å². The van der Waals surface area contributed by atoms with Crippen LogP contribution >= 0.6 is 0 Å². The molecular weight excluding hydrogens is 306 g/mol. The van der Waals surface area contributed by atoms with Crippen LogP contribution in [-0.4, -0.2) is 32.2 Å². The number of primary amides is 1. The molecule has 0 saturated heterocycles. The van der Waals surface area contributed by atoms with Crippen LogP contribution in [0.3, 0.4) is 0 Å². The molecule has 2 aromatic heterocycles. The first-order chi connectivity index (χ1) is 11.5. The lowest BCUT2D eigenvalue weighted by molar-refractivity contribution is 0.100. The van der Waals surface area contributed by atoms with Gasteiger partial charge in [-0.2, -0.15) is 10.1 Å². The van der Waals surface area contributed by atoms with E-state index in [1.54, 1.807) is 10.9 Å². The number of aryl methyl sites for hydroxylation is 1. The van der Waals surface area contributed by atoms with E-state index in [0.717, 1.165) is 31.6 Å². The number of hydrogen-bond acceptors (Lipinski definition) is 6.